The molecular weight excluding hydrogens is 616 g/mol. The predicted molar refractivity (Wildman–Crippen MR) is 80.1 cm³/mol. The Balaban J connectivity index is 3.12. The molecule has 24 heteroatoms. The zero-order valence-corrected chi connectivity index (χ0v) is 17.2. The van der Waals surface area contributed by atoms with Crippen LogP contribution in [0.15, 0.2) is 24.3 Å². The van der Waals surface area contributed by atoms with Crippen molar-refractivity contribution >= 4 is 11.6 Å². The monoisotopic (exact) mass is 621 g/mol. The smallest absolute Gasteiger partial charge is 0.319 e. The zero-order chi connectivity index (χ0) is 31.1. The Hall–Kier alpha value is -2.73. The molecule has 1 aromatic rings. The van der Waals surface area contributed by atoms with Crippen LogP contribution in [-0.4, -0.2) is 55.0 Å². The third-order valence-electron chi connectivity index (χ3n) is 3.40. The normalized spacial score (nSPS) is 14.9. The van der Waals surface area contributed by atoms with Gasteiger partial charge in [0, 0.05) is 5.69 Å². The average molecular weight is 621 g/mol. The predicted octanol–water partition coefficient (Wildman–Crippen LogP) is 6.50. The lowest BCUT2D eigenvalue weighted by molar-refractivity contribution is -0.579. The molecule has 1 aromatic carbocycles. The topological polar surface area (TPSA) is 66.0 Å². The summed E-state index contributed by atoms with van der Waals surface area (Å²) in [6.07, 6.45) is -57.9. The summed E-state index contributed by atoms with van der Waals surface area (Å²) in [6.45, 7) is 0. The largest absolute Gasteiger partial charge is 0.527 e. The molecule has 39 heavy (non-hydrogen) atoms. The van der Waals surface area contributed by atoms with E-state index in [2.05, 4.69) is 4.74 Å². The van der Waals surface area contributed by atoms with E-state index in [0.717, 1.165) is 5.32 Å². The van der Waals surface area contributed by atoms with Crippen molar-refractivity contribution < 1.29 is 103 Å². The highest BCUT2D eigenvalue weighted by Crippen LogP contribution is 2.51. The van der Waals surface area contributed by atoms with Crippen LogP contribution >= 0.6 is 0 Å². The van der Waals surface area contributed by atoms with Gasteiger partial charge in [-0.1, -0.05) is 0 Å². The summed E-state index contributed by atoms with van der Waals surface area (Å²) < 4.78 is 239. The fourth-order valence-corrected chi connectivity index (χ4v) is 1.77. The molecule has 0 aliphatic heterocycles. The van der Waals surface area contributed by atoms with Crippen LogP contribution in [0.1, 0.15) is 0 Å². The van der Waals surface area contributed by atoms with Gasteiger partial charge in [-0.25, -0.2) is 23.3 Å². The van der Waals surface area contributed by atoms with E-state index in [1.54, 1.807) is 0 Å². The first-order valence-corrected chi connectivity index (χ1v) is 8.56. The standard InChI is InChI=1S/C15H5F18NO5/c16-5-1-3-6(4-2-5)34-7(35)8(17,18)36-9(19,20)10(21,22)37-11(23,24)12(25,26)38-13(27,28)14(29,30)39-15(31,32)33/h1-4H,(H,34,35). The number of rotatable bonds is 12. The third-order valence-corrected chi connectivity index (χ3v) is 3.40. The van der Waals surface area contributed by atoms with Gasteiger partial charge in [0.05, 0.1) is 0 Å². The fraction of sp³-hybridized carbons (Fsp3) is 0.533. The molecule has 0 unspecified atom stereocenters. The Kier molecular flexibility index (Phi) is 9.10. The molecule has 6 nitrogen and oxygen atoms in total. The van der Waals surface area contributed by atoms with E-state index in [1.165, 1.54) is 14.2 Å². The number of ether oxygens (including phenoxy) is 4. The van der Waals surface area contributed by atoms with Crippen molar-refractivity contribution in [3.63, 3.8) is 0 Å². The van der Waals surface area contributed by atoms with Gasteiger partial charge >= 0.3 is 55.0 Å². The summed E-state index contributed by atoms with van der Waals surface area (Å²) in [7, 11) is 0. The van der Waals surface area contributed by atoms with Crippen molar-refractivity contribution in [1.82, 2.24) is 0 Å². The zero-order valence-electron chi connectivity index (χ0n) is 17.2. The fourth-order valence-electron chi connectivity index (χ4n) is 1.77. The first kappa shape index (κ1) is 34.3. The minimum atomic E-state index is -7.67. The number of benzene rings is 1. The number of hydrogen-bond donors (Lipinski definition) is 1. The minimum Gasteiger partial charge on any atom is -0.319 e. The van der Waals surface area contributed by atoms with Gasteiger partial charge in [-0.15, -0.1) is 13.2 Å². The van der Waals surface area contributed by atoms with Gasteiger partial charge in [0.15, 0.2) is 0 Å². The van der Waals surface area contributed by atoms with Crippen LogP contribution in [-0.2, 0) is 23.7 Å². The Bertz CT molecular complexity index is 1010. The molecular formula is C15H5F18NO5. The SMILES string of the molecule is O=C(Nc1ccc(F)cc1)C(F)(F)OC(F)(F)C(F)(F)OC(F)(F)C(F)(F)OC(F)(F)C(F)(F)OC(F)(F)F. The van der Waals surface area contributed by atoms with E-state index in [0.29, 0.717) is 24.3 Å². The number of alkyl halides is 17. The lowest BCUT2D eigenvalue weighted by atomic mass is 10.3. The van der Waals surface area contributed by atoms with Crippen molar-refractivity contribution in [3.05, 3.63) is 30.1 Å². The summed E-state index contributed by atoms with van der Waals surface area (Å²) in [5, 5.41) is 0.978. The van der Waals surface area contributed by atoms with Crippen LogP contribution in [0.25, 0.3) is 0 Å². The summed E-state index contributed by atoms with van der Waals surface area (Å²) in [5.41, 5.74) is -0.841. The third kappa shape index (κ3) is 8.38. The number of carbonyl (C=O) groups excluding carboxylic acids is 1. The van der Waals surface area contributed by atoms with Crippen LogP contribution in [0.2, 0.25) is 0 Å². The van der Waals surface area contributed by atoms with Gasteiger partial charge in [-0.2, -0.15) is 61.5 Å². The van der Waals surface area contributed by atoms with Gasteiger partial charge < -0.3 is 5.32 Å². The molecule has 0 fully saturated rings. The van der Waals surface area contributed by atoms with E-state index < -0.39 is 66.5 Å². The molecule has 0 aliphatic carbocycles. The van der Waals surface area contributed by atoms with Gasteiger partial charge in [0.1, 0.15) is 5.82 Å². The summed E-state index contributed by atoms with van der Waals surface area (Å²) in [5.74, 6) is -4.15. The first-order chi connectivity index (χ1) is 17.0. The van der Waals surface area contributed by atoms with Crippen molar-refractivity contribution in [3.8, 4) is 0 Å². The summed E-state index contributed by atoms with van der Waals surface area (Å²) in [4.78, 5) is 11.3. The molecule has 226 valence electrons. The van der Waals surface area contributed by atoms with E-state index in [4.69, 9.17) is 0 Å². The van der Waals surface area contributed by atoms with Crippen molar-refractivity contribution in [2.75, 3.05) is 5.32 Å². The maximum absolute atomic E-state index is 13.5. The van der Waals surface area contributed by atoms with Gasteiger partial charge in [0.25, 0.3) is 0 Å². The molecule has 1 N–H and O–H groups in total. The van der Waals surface area contributed by atoms with Crippen LogP contribution in [0.3, 0.4) is 0 Å². The first-order valence-electron chi connectivity index (χ1n) is 8.56. The molecule has 0 aliphatic rings. The second-order valence-corrected chi connectivity index (χ2v) is 6.43. The summed E-state index contributed by atoms with van der Waals surface area (Å²) in [6, 6.07) is 1.93. The molecule has 0 saturated carbocycles. The molecule has 0 bridgehead atoms. The maximum atomic E-state index is 13.5. The maximum Gasteiger partial charge on any atom is 0.527 e. The van der Waals surface area contributed by atoms with Crippen molar-refractivity contribution in [1.29, 1.82) is 0 Å². The number of anilines is 1. The lowest BCUT2D eigenvalue weighted by Gasteiger charge is -2.35. The molecule has 1 rings (SSSR count). The van der Waals surface area contributed by atoms with Crippen LogP contribution in [0.5, 0.6) is 0 Å². The van der Waals surface area contributed by atoms with E-state index in [1.807, 2.05) is 0 Å². The van der Waals surface area contributed by atoms with Crippen molar-refractivity contribution in [2.45, 2.75) is 49.1 Å². The molecule has 0 aromatic heterocycles. The number of amides is 1. The Morgan fingerprint density at radius 1 is 0.513 bits per heavy atom. The van der Waals surface area contributed by atoms with E-state index >= 15 is 0 Å². The highest BCUT2D eigenvalue weighted by atomic mass is 19.4. The minimum absolute atomic E-state index is 0.476. The Labute approximate surface area is 200 Å². The van der Waals surface area contributed by atoms with Crippen LogP contribution in [0, 0.1) is 5.82 Å². The second kappa shape index (κ2) is 10.3. The highest BCUT2D eigenvalue weighted by Gasteiger charge is 2.77. The molecule has 0 radical (unpaired) electrons. The van der Waals surface area contributed by atoms with Crippen LogP contribution < -0.4 is 5.32 Å². The van der Waals surface area contributed by atoms with E-state index in [9.17, 15) is 83.8 Å². The molecule has 0 saturated heterocycles. The molecule has 0 atom stereocenters. The van der Waals surface area contributed by atoms with Gasteiger partial charge in [-0.3, -0.25) is 4.79 Å². The van der Waals surface area contributed by atoms with Crippen LogP contribution in [0.4, 0.5) is 84.7 Å². The number of halogens is 18. The molecule has 1 amide bonds. The number of nitrogens with one attached hydrogen (secondary N) is 1. The second-order valence-electron chi connectivity index (χ2n) is 6.43. The Morgan fingerprint density at radius 2 is 0.821 bits per heavy atom. The Morgan fingerprint density at radius 3 is 1.15 bits per heavy atom. The highest BCUT2D eigenvalue weighted by molar-refractivity contribution is 5.95. The van der Waals surface area contributed by atoms with Crippen molar-refractivity contribution in [2.24, 2.45) is 0 Å². The van der Waals surface area contributed by atoms with E-state index in [-0.39, 0.29) is 0 Å². The quantitative estimate of drug-likeness (QED) is 0.270. The van der Waals surface area contributed by atoms with Gasteiger partial charge in [-0.05, 0) is 24.3 Å². The lowest BCUT2D eigenvalue weighted by Crippen LogP contribution is -2.60. The molecule has 0 spiro atoms. The molecule has 0 heterocycles. The van der Waals surface area contributed by atoms with Gasteiger partial charge in [0.2, 0.25) is 0 Å². The average Bonchev–Trinajstić information content (AvgIpc) is 2.65. The number of hydrogen-bond acceptors (Lipinski definition) is 5. The number of carbonyl (C=O) groups is 1. The summed E-state index contributed by atoms with van der Waals surface area (Å²) >= 11 is 0.